The number of benzene rings is 4. The summed E-state index contributed by atoms with van der Waals surface area (Å²) in [7, 11) is 0. The third kappa shape index (κ3) is 2.59. The zero-order valence-corrected chi connectivity index (χ0v) is 16.9. The maximum atomic E-state index is 6.44. The van der Waals surface area contributed by atoms with Crippen molar-refractivity contribution in [1.82, 2.24) is 9.55 Å². The molecule has 0 atom stereocenters. The first kappa shape index (κ1) is 16.8. The molecular weight excluding hydrogens is 396 g/mol. The van der Waals surface area contributed by atoms with E-state index >= 15 is 0 Å². The molecule has 0 amide bonds. The van der Waals surface area contributed by atoms with E-state index in [0.717, 1.165) is 37.8 Å². The molecule has 6 rings (SSSR count). The Balaban J connectivity index is 1.67. The number of rotatable bonds is 2. The molecule has 4 aromatic carbocycles. The Kier molecular flexibility index (Phi) is 3.73. The Bertz CT molecular complexity index is 1510. The predicted molar refractivity (Wildman–Crippen MR) is 124 cm³/mol. The van der Waals surface area contributed by atoms with Gasteiger partial charge in [0.1, 0.15) is 5.82 Å². The van der Waals surface area contributed by atoms with Gasteiger partial charge in [0.25, 0.3) is 0 Å². The lowest BCUT2D eigenvalue weighted by Crippen LogP contribution is -1.97. The molecule has 29 heavy (non-hydrogen) atoms. The largest absolute Gasteiger partial charge is 0.292 e. The van der Waals surface area contributed by atoms with Crippen LogP contribution in [0.15, 0.2) is 91.0 Å². The molecule has 0 N–H and O–H groups in total. The number of aromatic nitrogens is 2. The molecule has 0 aliphatic carbocycles. The zero-order chi connectivity index (χ0) is 19.4. The quantitative estimate of drug-likeness (QED) is 0.285. The minimum Gasteiger partial charge on any atom is -0.292 e. The molecule has 2 nitrogen and oxygen atoms in total. The van der Waals surface area contributed by atoms with Crippen molar-refractivity contribution >= 4 is 54.1 Å². The van der Waals surface area contributed by atoms with E-state index in [-0.39, 0.29) is 0 Å². The molecule has 4 heteroatoms. The molecule has 0 saturated carbocycles. The maximum absolute atomic E-state index is 6.44. The van der Waals surface area contributed by atoms with Gasteiger partial charge in [-0.05, 0) is 48.5 Å². The summed E-state index contributed by atoms with van der Waals surface area (Å²) in [5, 5.41) is 3.22. The zero-order valence-electron chi connectivity index (χ0n) is 15.3. The third-order valence-corrected chi connectivity index (χ3v) is 6.93. The third-order valence-electron chi connectivity index (χ3n) is 5.28. The molecule has 0 bridgehead atoms. The number of fused-ring (bicyclic) bond motifs is 4. The van der Waals surface area contributed by atoms with Crippen molar-refractivity contribution < 1.29 is 0 Å². The van der Waals surface area contributed by atoms with Crippen molar-refractivity contribution in [2.24, 2.45) is 0 Å². The summed E-state index contributed by atoms with van der Waals surface area (Å²) in [5.74, 6) is 0.945. The fraction of sp³-hybridized carbons (Fsp3) is 0. The first-order valence-electron chi connectivity index (χ1n) is 9.44. The van der Waals surface area contributed by atoms with Gasteiger partial charge in [-0.1, -0.05) is 54.1 Å². The van der Waals surface area contributed by atoms with Crippen molar-refractivity contribution in [2.75, 3.05) is 0 Å². The molecule has 2 heterocycles. The molecule has 2 aromatic heterocycles. The Morgan fingerprint density at radius 1 is 0.759 bits per heavy atom. The number of nitrogens with zero attached hydrogens (tertiary/aromatic N) is 2. The Morgan fingerprint density at radius 3 is 2.48 bits per heavy atom. The Hall–Kier alpha value is -3.14. The van der Waals surface area contributed by atoms with Crippen LogP contribution in [0.4, 0.5) is 0 Å². The molecule has 0 aliphatic heterocycles. The normalized spacial score (nSPS) is 11.6. The van der Waals surface area contributed by atoms with Gasteiger partial charge in [-0.25, -0.2) is 4.98 Å². The second-order valence-corrected chi connectivity index (χ2v) is 8.48. The average molecular weight is 411 g/mol. The molecule has 0 fully saturated rings. The SMILES string of the molecule is Clc1cccc2c1sc1ccc(-c3nc4ccccc4n3-c3ccccc3)cc12. The summed E-state index contributed by atoms with van der Waals surface area (Å²) in [5.41, 5.74) is 4.29. The van der Waals surface area contributed by atoms with Crippen LogP contribution in [-0.4, -0.2) is 9.55 Å². The van der Waals surface area contributed by atoms with Crippen LogP contribution in [0.1, 0.15) is 0 Å². The number of halogens is 1. The molecule has 0 radical (unpaired) electrons. The van der Waals surface area contributed by atoms with Gasteiger partial charge in [0.2, 0.25) is 0 Å². The van der Waals surface area contributed by atoms with Crippen molar-refractivity contribution in [3.05, 3.63) is 96.0 Å². The highest BCUT2D eigenvalue weighted by atomic mass is 35.5. The summed E-state index contributed by atoms with van der Waals surface area (Å²) in [6.45, 7) is 0. The highest BCUT2D eigenvalue weighted by Crippen LogP contribution is 2.40. The summed E-state index contributed by atoms with van der Waals surface area (Å²) in [4.78, 5) is 4.99. The first-order chi connectivity index (χ1) is 14.3. The van der Waals surface area contributed by atoms with Gasteiger partial charge >= 0.3 is 0 Å². The van der Waals surface area contributed by atoms with E-state index in [1.54, 1.807) is 11.3 Å². The van der Waals surface area contributed by atoms with Crippen molar-refractivity contribution in [3.63, 3.8) is 0 Å². The molecule has 0 saturated heterocycles. The highest BCUT2D eigenvalue weighted by Gasteiger charge is 2.16. The van der Waals surface area contributed by atoms with Gasteiger partial charge in [-0.15, -0.1) is 11.3 Å². The van der Waals surface area contributed by atoms with Crippen LogP contribution < -0.4 is 0 Å². The standard InChI is InChI=1S/C25H15ClN2S/c26-20-10-6-9-18-19-15-16(13-14-23(19)29-24(18)20)25-27-21-11-4-5-12-22(21)28(25)17-7-2-1-3-8-17/h1-15H. The van der Waals surface area contributed by atoms with Crippen molar-refractivity contribution in [2.45, 2.75) is 0 Å². The molecule has 0 spiro atoms. The second-order valence-electron chi connectivity index (χ2n) is 7.02. The molecule has 0 aliphatic rings. The lowest BCUT2D eigenvalue weighted by molar-refractivity contribution is 1.10. The summed E-state index contributed by atoms with van der Waals surface area (Å²) in [6, 6.07) is 31.4. The molecule has 138 valence electrons. The van der Waals surface area contributed by atoms with Crippen LogP contribution in [0.3, 0.4) is 0 Å². The highest BCUT2D eigenvalue weighted by molar-refractivity contribution is 7.26. The van der Waals surface area contributed by atoms with E-state index < -0.39 is 0 Å². The van der Waals surface area contributed by atoms with E-state index in [2.05, 4.69) is 71.3 Å². The number of hydrogen-bond acceptors (Lipinski definition) is 2. The van der Waals surface area contributed by atoms with Crippen LogP contribution in [0.5, 0.6) is 0 Å². The van der Waals surface area contributed by atoms with Gasteiger partial charge in [0, 0.05) is 26.7 Å². The van der Waals surface area contributed by atoms with E-state index in [1.807, 2.05) is 24.3 Å². The van der Waals surface area contributed by atoms with Crippen LogP contribution in [0, 0.1) is 0 Å². The predicted octanol–water partition coefficient (Wildman–Crippen LogP) is 7.71. The number of para-hydroxylation sites is 3. The molecule has 6 aromatic rings. The van der Waals surface area contributed by atoms with Gasteiger partial charge in [0.05, 0.1) is 20.8 Å². The number of thiophene rings is 1. The fourth-order valence-electron chi connectivity index (χ4n) is 3.96. The topological polar surface area (TPSA) is 17.8 Å². The van der Waals surface area contributed by atoms with Crippen LogP contribution in [0.2, 0.25) is 5.02 Å². The van der Waals surface area contributed by atoms with E-state index in [0.29, 0.717) is 0 Å². The van der Waals surface area contributed by atoms with E-state index in [4.69, 9.17) is 16.6 Å². The average Bonchev–Trinajstić information content (AvgIpc) is 3.33. The second kappa shape index (κ2) is 6.45. The van der Waals surface area contributed by atoms with Crippen LogP contribution >= 0.6 is 22.9 Å². The minimum absolute atomic E-state index is 0.807. The Labute approximate surface area is 176 Å². The smallest absolute Gasteiger partial charge is 0.145 e. The lowest BCUT2D eigenvalue weighted by atomic mass is 10.1. The van der Waals surface area contributed by atoms with Gasteiger partial charge in [0.15, 0.2) is 0 Å². The van der Waals surface area contributed by atoms with Crippen LogP contribution in [0.25, 0.3) is 48.3 Å². The molecular formula is C25H15ClN2S. The summed E-state index contributed by atoms with van der Waals surface area (Å²) in [6.07, 6.45) is 0. The first-order valence-corrected chi connectivity index (χ1v) is 10.6. The number of hydrogen-bond donors (Lipinski definition) is 0. The van der Waals surface area contributed by atoms with E-state index in [1.165, 1.54) is 15.5 Å². The Morgan fingerprint density at radius 2 is 1.59 bits per heavy atom. The van der Waals surface area contributed by atoms with E-state index in [9.17, 15) is 0 Å². The minimum atomic E-state index is 0.807. The van der Waals surface area contributed by atoms with Gasteiger partial charge < -0.3 is 0 Å². The van der Waals surface area contributed by atoms with Gasteiger partial charge in [-0.3, -0.25) is 4.57 Å². The summed E-state index contributed by atoms with van der Waals surface area (Å²) < 4.78 is 4.61. The fourth-order valence-corrected chi connectivity index (χ4v) is 5.34. The monoisotopic (exact) mass is 410 g/mol. The molecule has 0 unspecified atom stereocenters. The van der Waals surface area contributed by atoms with Gasteiger partial charge in [-0.2, -0.15) is 0 Å². The van der Waals surface area contributed by atoms with Crippen molar-refractivity contribution in [1.29, 1.82) is 0 Å². The maximum Gasteiger partial charge on any atom is 0.145 e. The lowest BCUT2D eigenvalue weighted by Gasteiger charge is -2.09. The van der Waals surface area contributed by atoms with Crippen LogP contribution in [-0.2, 0) is 0 Å². The van der Waals surface area contributed by atoms with Crippen molar-refractivity contribution in [3.8, 4) is 17.1 Å². The summed E-state index contributed by atoms with van der Waals surface area (Å²) >= 11 is 8.18. The number of imidazole rings is 1.